The fourth-order valence-corrected chi connectivity index (χ4v) is 7.89. The molecule has 0 aliphatic carbocycles. The second-order valence-corrected chi connectivity index (χ2v) is 16.2. The molecule has 4 rings (SSSR count). The second kappa shape index (κ2) is 15.6. The summed E-state index contributed by atoms with van der Waals surface area (Å²) in [6.45, 7) is 9.21. The topological polar surface area (TPSA) is 72.9 Å². The van der Waals surface area contributed by atoms with E-state index >= 15 is 0 Å². The number of hydrogen-bond acceptors (Lipinski definition) is 5. The number of carbonyl (C=O) groups is 1. The third-order valence-corrected chi connectivity index (χ3v) is 10.7. The van der Waals surface area contributed by atoms with Gasteiger partial charge in [0, 0.05) is 25.9 Å². The Morgan fingerprint density at radius 1 is 0.841 bits per heavy atom. The minimum absolute atomic E-state index is 0.107. The van der Waals surface area contributed by atoms with Gasteiger partial charge in [-0.05, 0) is 74.4 Å². The molecule has 0 saturated carbocycles. The van der Waals surface area contributed by atoms with Crippen molar-refractivity contribution < 1.29 is 22.7 Å². The van der Waals surface area contributed by atoms with Crippen molar-refractivity contribution in [1.82, 2.24) is 4.90 Å². The van der Waals surface area contributed by atoms with E-state index in [0.717, 1.165) is 67.4 Å². The first kappa shape index (κ1) is 34.3. The van der Waals surface area contributed by atoms with E-state index < -0.39 is 15.4 Å². The highest BCUT2D eigenvalue weighted by Gasteiger charge is 2.41. The SMILES string of the molecule is CCCCCCCCCCCCS(=O)(=O)Cc1ccc(-c2ccc3c(c2)CCC2(CCN(C(=O)OC(C)(C)C)CC2)O3)cc1. The lowest BCUT2D eigenvalue weighted by molar-refractivity contribution is -0.0272. The van der Waals surface area contributed by atoms with Gasteiger partial charge in [-0.1, -0.05) is 95.0 Å². The van der Waals surface area contributed by atoms with Crippen molar-refractivity contribution >= 4 is 15.9 Å². The zero-order valence-corrected chi connectivity index (χ0v) is 28.5. The predicted molar refractivity (Wildman–Crippen MR) is 180 cm³/mol. The first-order valence-corrected chi connectivity index (χ1v) is 18.9. The third-order valence-electron chi connectivity index (χ3n) is 9.05. The van der Waals surface area contributed by atoms with Crippen LogP contribution in [0.5, 0.6) is 5.75 Å². The van der Waals surface area contributed by atoms with Crippen LogP contribution in [0.3, 0.4) is 0 Å². The molecule has 7 heteroatoms. The lowest BCUT2D eigenvalue weighted by Gasteiger charge is -2.44. The van der Waals surface area contributed by atoms with E-state index in [4.69, 9.17) is 9.47 Å². The molecule has 244 valence electrons. The monoisotopic (exact) mass is 625 g/mol. The molecule has 0 aromatic heterocycles. The van der Waals surface area contributed by atoms with Crippen LogP contribution in [0.2, 0.25) is 0 Å². The van der Waals surface area contributed by atoms with Crippen molar-refractivity contribution in [1.29, 1.82) is 0 Å². The van der Waals surface area contributed by atoms with Gasteiger partial charge in [0.1, 0.15) is 17.0 Å². The number of amides is 1. The largest absolute Gasteiger partial charge is 0.487 e. The molecular formula is C37H55NO5S. The van der Waals surface area contributed by atoms with Crippen LogP contribution in [-0.4, -0.2) is 49.5 Å². The summed E-state index contributed by atoms with van der Waals surface area (Å²) in [6.07, 6.45) is 15.2. The van der Waals surface area contributed by atoms with Gasteiger partial charge >= 0.3 is 6.09 Å². The van der Waals surface area contributed by atoms with Crippen molar-refractivity contribution in [2.45, 2.75) is 135 Å². The van der Waals surface area contributed by atoms with E-state index in [0.29, 0.717) is 13.1 Å². The lowest BCUT2D eigenvalue weighted by Crippen LogP contribution is -2.52. The number of nitrogens with zero attached hydrogens (tertiary/aromatic N) is 1. The molecule has 1 saturated heterocycles. The molecule has 2 heterocycles. The number of carbonyl (C=O) groups excluding carboxylic acids is 1. The van der Waals surface area contributed by atoms with Crippen molar-refractivity contribution in [3.63, 3.8) is 0 Å². The lowest BCUT2D eigenvalue weighted by atomic mass is 9.82. The normalized spacial score (nSPS) is 16.4. The Balaban J connectivity index is 1.22. The Hall–Kier alpha value is -2.54. The molecule has 0 N–H and O–H groups in total. The fourth-order valence-electron chi connectivity index (χ4n) is 6.40. The van der Waals surface area contributed by atoms with Crippen LogP contribution in [-0.2, 0) is 26.7 Å². The quantitative estimate of drug-likeness (QED) is 0.196. The summed E-state index contributed by atoms with van der Waals surface area (Å²) < 4.78 is 37.6. The first-order chi connectivity index (χ1) is 21.0. The summed E-state index contributed by atoms with van der Waals surface area (Å²) in [5, 5.41) is 0. The maximum atomic E-state index is 12.7. The third kappa shape index (κ3) is 10.5. The summed E-state index contributed by atoms with van der Waals surface area (Å²) in [7, 11) is -3.11. The Labute approximate surface area is 266 Å². The maximum Gasteiger partial charge on any atom is 0.410 e. The van der Waals surface area contributed by atoms with Gasteiger partial charge in [0.05, 0.1) is 11.5 Å². The van der Waals surface area contributed by atoms with Crippen LogP contribution in [0.1, 0.15) is 122 Å². The molecule has 1 spiro atoms. The minimum atomic E-state index is -3.11. The highest BCUT2D eigenvalue weighted by Crippen LogP contribution is 2.41. The van der Waals surface area contributed by atoms with Gasteiger partial charge in [-0.2, -0.15) is 0 Å². The van der Waals surface area contributed by atoms with Gasteiger partial charge in [-0.15, -0.1) is 0 Å². The molecule has 2 aliphatic heterocycles. The molecule has 2 aromatic carbocycles. The van der Waals surface area contributed by atoms with E-state index in [-0.39, 0.29) is 23.2 Å². The molecule has 0 bridgehead atoms. The molecule has 0 atom stereocenters. The molecule has 2 aliphatic rings. The summed E-state index contributed by atoms with van der Waals surface area (Å²) in [5.74, 6) is 1.31. The molecule has 1 fully saturated rings. The van der Waals surface area contributed by atoms with E-state index in [9.17, 15) is 13.2 Å². The van der Waals surface area contributed by atoms with Gasteiger partial charge in [0.15, 0.2) is 9.84 Å². The van der Waals surface area contributed by atoms with E-state index in [1.807, 2.05) is 45.0 Å². The van der Waals surface area contributed by atoms with Crippen LogP contribution in [0.4, 0.5) is 4.79 Å². The average Bonchev–Trinajstić information content (AvgIpc) is 2.97. The molecule has 44 heavy (non-hydrogen) atoms. The number of hydrogen-bond donors (Lipinski definition) is 0. The Bertz CT molecular complexity index is 1300. The Kier molecular flexibility index (Phi) is 12.2. The smallest absolute Gasteiger partial charge is 0.410 e. The maximum absolute atomic E-state index is 12.7. The van der Waals surface area contributed by atoms with E-state index in [2.05, 4.69) is 25.1 Å². The summed E-state index contributed by atoms with van der Waals surface area (Å²) in [5.41, 5.74) is 3.52. The number of likely N-dealkylation sites (tertiary alicyclic amines) is 1. The van der Waals surface area contributed by atoms with Gasteiger partial charge < -0.3 is 14.4 Å². The Morgan fingerprint density at radius 3 is 2.05 bits per heavy atom. The number of benzene rings is 2. The fraction of sp³-hybridized carbons (Fsp3) is 0.649. The number of piperidine rings is 1. The molecule has 2 aromatic rings. The van der Waals surface area contributed by atoms with Crippen LogP contribution in [0.15, 0.2) is 42.5 Å². The minimum Gasteiger partial charge on any atom is -0.487 e. The van der Waals surface area contributed by atoms with Gasteiger partial charge in [-0.3, -0.25) is 0 Å². The first-order valence-electron chi connectivity index (χ1n) is 17.1. The molecular weight excluding hydrogens is 570 g/mol. The summed E-state index contributed by atoms with van der Waals surface area (Å²) in [4.78, 5) is 14.3. The molecule has 6 nitrogen and oxygen atoms in total. The average molecular weight is 626 g/mol. The number of ether oxygens (including phenoxy) is 2. The number of unbranched alkanes of at least 4 members (excludes halogenated alkanes) is 9. The molecule has 0 unspecified atom stereocenters. The van der Waals surface area contributed by atoms with Gasteiger partial charge in [0.2, 0.25) is 0 Å². The molecule has 0 radical (unpaired) electrons. The van der Waals surface area contributed by atoms with Crippen LogP contribution < -0.4 is 4.74 Å². The predicted octanol–water partition coefficient (Wildman–Crippen LogP) is 9.28. The van der Waals surface area contributed by atoms with Crippen molar-refractivity contribution in [2.75, 3.05) is 18.8 Å². The standard InChI is InChI=1S/C37H55NO5S/c1-5-6-7-8-9-10-11-12-13-14-27-44(40,41)29-30-15-17-31(18-16-30)32-19-20-34-33(28-32)21-22-37(42-34)23-25-38(26-24-37)35(39)43-36(2,3)4/h15-20,28H,5-14,21-27,29H2,1-4H3. The van der Waals surface area contributed by atoms with Crippen molar-refractivity contribution in [3.8, 4) is 16.9 Å². The summed E-state index contributed by atoms with van der Waals surface area (Å²) >= 11 is 0. The van der Waals surface area contributed by atoms with E-state index in [1.54, 1.807) is 4.90 Å². The Morgan fingerprint density at radius 2 is 1.43 bits per heavy atom. The van der Waals surface area contributed by atoms with Crippen molar-refractivity contribution in [3.05, 3.63) is 53.6 Å². The number of rotatable bonds is 14. The van der Waals surface area contributed by atoms with E-state index in [1.165, 1.54) is 50.5 Å². The van der Waals surface area contributed by atoms with Gasteiger partial charge in [0.25, 0.3) is 0 Å². The van der Waals surface area contributed by atoms with Crippen LogP contribution >= 0.6 is 0 Å². The van der Waals surface area contributed by atoms with Crippen LogP contribution in [0, 0.1) is 0 Å². The molecule has 1 amide bonds. The number of sulfone groups is 1. The van der Waals surface area contributed by atoms with Crippen molar-refractivity contribution in [2.24, 2.45) is 0 Å². The highest BCUT2D eigenvalue weighted by molar-refractivity contribution is 7.90. The summed E-state index contributed by atoms with van der Waals surface area (Å²) in [6, 6.07) is 14.3. The number of fused-ring (bicyclic) bond motifs is 1. The highest BCUT2D eigenvalue weighted by atomic mass is 32.2. The zero-order chi connectivity index (χ0) is 31.6. The van der Waals surface area contributed by atoms with Crippen LogP contribution in [0.25, 0.3) is 11.1 Å². The number of aryl methyl sites for hydroxylation is 1. The second-order valence-electron chi connectivity index (χ2n) is 14.0. The van der Waals surface area contributed by atoms with Gasteiger partial charge in [-0.25, -0.2) is 13.2 Å². The zero-order valence-electron chi connectivity index (χ0n) is 27.7.